The molecule has 1 aromatic carbocycles. The van der Waals surface area contributed by atoms with Crippen molar-refractivity contribution in [2.45, 2.75) is 48.3 Å². The molecule has 2 N–H and O–H groups in total. The second-order valence-electron chi connectivity index (χ2n) is 5.38. The average Bonchev–Trinajstić information content (AvgIpc) is 2.96. The maximum absolute atomic E-state index is 6.13. The van der Waals surface area contributed by atoms with Gasteiger partial charge in [0.2, 0.25) is 5.89 Å². The van der Waals surface area contributed by atoms with Crippen molar-refractivity contribution in [2.75, 3.05) is 0 Å². The number of hydrogen-bond donors (Lipinski definition) is 1. The standard InChI is InChI=1S/C15H18ClN3OS/c16-12-3-1-2-4-13(12)21-9-14-18-15(20-19-14)10-5-7-11(17)8-6-10/h1-4,10-11H,5-9,17H2. The lowest BCUT2D eigenvalue weighted by Gasteiger charge is -2.22. The van der Waals surface area contributed by atoms with Gasteiger partial charge in [-0.25, -0.2) is 0 Å². The lowest BCUT2D eigenvalue weighted by molar-refractivity contribution is 0.300. The molecule has 1 saturated carbocycles. The van der Waals surface area contributed by atoms with Crippen LogP contribution in [-0.2, 0) is 5.75 Å². The maximum Gasteiger partial charge on any atom is 0.229 e. The first-order valence-corrected chi connectivity index (χ1v) is 8.54. The van der Waals surface area contributed by atoms with E-state index < -0.39 is 0 Å². The van der Waals surface area contributed by atoms with E-state index in [1.54, 1.807) is 11.8 Å². The van der Waals surface area contributed by atoms with Crippen molar-refractivity contribution >= 4 is 23.4 Å². The van der Waals surface area contributed by atoms with Gasteiger partial charge in [0.05, 0.1) is 10.8 Å². The van der Waals surface area contributed by atoms with Crippen molar-refractivity contribution in [3.63, 3.8) is 0 Å². The van der Waals surface area contributed by atoms with E-state index in [4.69, 9.17) is 21.9 Å². The Labute approximate surface area is 133 Å². The van der Waals surface area contributed by atoms with E-state index in [-0.39, 0.29) is 0 Å². The van der Waals surface area contributed by atoms with Gasteiger partial charge in [-0.3, -0.25) is 0 Å². The molecule has 4 nitrogen and oxygen atoms in total. The smallest absolute Gasteiger partial charge is 0.229 e. The molecule has 3 rings (SSSR count). The highest BCUT2D eigenvalue weighted by molar-refractivity contribution is 7.98. The first-order chi connectivity index (χ1) is 10.2. The molecule has 1 aliphatic rings. The van der Waals surface area contributed by atoms with E-state index in [1.165, 1.54) is 0 Å². The molecule has 21 heavy (non-hydrogen) atoms. The van der Waals surface area contributed by atoms with Crippen LogP contribution >= 0.6 is 23.4 Å². The number of benzene rings is 1. The number of thioether (sulfide) groups is 1. The minimum absolute atomic E-state index is 0.333. The van der Waals surface area contributed by atoms with Crippen molar-refractivity contribution < 1.29 is 4.52 Å². The van der Waals surface area contributed by atoms with Gasteiger partial charge in [-0.1, -0.05) is 28.9 Å². The Morgan fingerprint density at radius 2 is 2.00 bits per heavy atom. The fourth-order valence-electron chi connectivity index (χ4n) is 2.56. The monoisotopic (exact) mass is 323 g/mol. The predicted molar refractivity (Wildman–Crippen MR) is 84.5 cm³/mol. The molecule has 0 spiro atoms. The first-order valence-electron chi connectivity index (χ1n) is 7.18. The third-order valence-corrected chi connectivity index (χ3v) is 5.31. The summed E-state index contributed by atoms with van der Waals surface area (Å²) >= 11 is 7.76. The van der Waals surface area contributed by atoms with Crippen molar-refractivity contribution in [3.8, 4) is 0 Å². The topological polar surface area (TPSA) is 64.9 Å². The Balaban J connectivity index is 1.59. The summed E-state index contributed by atoms with van der Waals surface area (Å²) in [6, 6.07) is 8.11. The lowest BCUT2D eigenvalue weighted by atomic mass is 9.86. The highest BCUT2D eigenvalue weighted by Gasteiger charge is 2.24. The Morgan fingerprint density at radius 1 is 1.24 bits per heavy atom. The summed E-state index contributed by atoms with van der Waals surface area (Å²) in [5.74, 6) is 2.53. The first kappa shape index (κ1) is 14.9. The summed E-state index contributed by atoms with van der Waals surface area (Å²) in [7, 11) is 0. The number of hydrogen-bond acceptors (Lipinski definition) is 5. The molecule has 0 aliphatic heterocycles. The molecular weight excluding hydrogens is 306 g/mol. The number of aromatic nitrogens is 2. The van der Waals surface area contributed by atoms with Gasteiger partial charge < -0.3 is 10.3 Å². The van der Waals surface area contributed by atoms with E-state index in [9.17, 15) is 0 Å². The zero-order chi connectivity index (χ0) is 14.7. The van der Waals surface area contributed by atoms with Gasteiger partial charge in [0.15, 0.2) is 5.82 Å². The molecule has 0 unspecified atom stereocenters. The van der Waals surface area contributed by atoms with Gasteiger partial charge in [0.25, 0.3) is 0 Å². The SMILES string of the molecule is NC1CCC(c2nc(CSc3ccccc3Cl)no2)CC1. The van der Waals surface area contributed by atoms with Gasteiger partial charge in [-0.15, -0.1) is 11.8 Å². The molecule has 112 valence electrons. The minimum atomic E-state index is 0.333. The van der Waals surface area contributed by atoms with E-state index in [2.05, 4.69) is 10.1 Å². The molecule has 0 atom stereocenters. The van der Waals surface area contributed by atoms with E-state index in [0.29, 0.717) is 17.7 Å². The molecule has 2 aromatic rings. The van der Waals surface area contributed by atoms with Crippen LogP contribution in [0.5, 0.6) is 0 Å². The number of nitrogens with zero attached hydrogens (tertiary/aromatic N) is 2. The highest BCUT2D eigenvalue weighted by Crippen LogP contribution is 2.32. The summed E-state index contributed by atoms with van der Waals surface area (Å²) in [5, 5.41) is 4.83. The predicted octanol–water partition coefficient (Wildman–Crippen LogP) is 4.00. The summed E-state index contributed by atoms with van der Waals surface area (Å²) in [4.78, 5) is 5.56. The molecule has 1 aromatic heterocycles. The quantitative estimate of drug-likeness (QED) is 0.861. The van der Waals surface area contributed by atoms with E-state index in [0.717, 1.165) is 47.3 Å². The van der Waals surface area contributed by atoms with Crippen LogP contribution in [0, 0.1) is 0 Å². The van der Waals surface area contributed by atoms with Crippen LogP contribution in [0.1, 0.15) is 43.3 Å². The Hall–Kier alpha value is -1.04. The van der Waals surface area contributed by atoms with Crippen molar-refractivity contribution in [2.24, 2.45) is 5.73 Å². The Morgan fingerprint density at radius 3 is 2.76 bits per heavy atom. The molecule has 0 radical (unpaired) electrons. The Kier molecular flexibility index (Phi) is 4.83. The number of nitrogens with two attached hydrogens (primary N) is 1. The van der Waals surface area contributed by atoms with Crippen LogP contribution in [-0.4, -0.2) is 16.2 Å². The van der Waals surface area contributed by atoms with Crippen LogP contribution in [0.2, 0.25) is 5.02 Å². The van der Waals surface area contributed by atoms with Crippen LogP contribution in [0.25, 0.3) is 0 Å². The largest absolute Gasteiger partial charge is 0.339 e. The summed E-state index contributed by atoms with van der Waals surface area (Å²) in [6.45, 7) is 0. The molecule has 1 heterocycles. The fraction of sp³-hybridized carbons (Fsp3) is 0.467. The third kappa shape index (κ3) is 3.78. The van der Waals surface area contributed by atoms with Crippen LogP contribution in [0.4, 0.5) is 0 Å². The molecule has 0 saturated heterocycles. The fourth-order valence-corrected chi connectivity index (χ4v) is 3.64. The number of rotatable bonds is 4. The molecule has 1 aliphatic carbocycles. The summed E-state index contributed by atoms with van der Waals surface area (Å²) < 4.78 is 5.41. The molecule has 0 bridgehead atoms. The molecular formula is C15H18ClN3OS. The second-order valence-corrected chi connectivity index (χ2v) is 6.80. The van der Waals surface area contributed by atoms with Gasteiger partial charge in [0, 0.05) is 16.9 Å². The zero-order valence-electron chi connectivity index (χ0n) is 11.7. The van der Waals surface area contributed by atoms with Gasteiger partial charge >= 0.3 is 0 Å². The van der Waals surface area contributed by atoms with Crippen molar-refractivity contribution in [1.82, 2.24) is 10.1 Å². The van der Waals surface area contributed by atoms with E-state index in [1.807, 2.05) is 24.3 Å². The molecule has 0 amide bonds. The Bertz CT molecular complexity index is 596. The summed E-state index contributed by atoms with van der Waals surface area (Å²) in [6.07, 6.45) is 4.16. The second kappa shape index (κ2) is 6.81. The van der Waals surface area contributed by atoms with Crippen LogP contribution in [0.15, 0.2) is 33.7 Å². The van der Waals surface area contributed by atoms with Crippen LogP contribution in [0.3, 0.4) is 0 Å². The van der Waals surface area contributed by atoms with Crippen LogP contribution < -0.4 is 5.73 Å². The normalized spacial score (nSPS) is 22.4. The van der Waals surface area contributed by atoms with Crippen molar-refractivity contribution in [1.29, 1.82) is 0 Å². The van der Waals surface area contributed by atoms with Gasteiger partial charge in [-0.2, -0.15) is 4.98 Å². The van der Waals surface area contributed by atoms with Crippen molar-refractivity contribution in [3.05, 3.63) is 41.0 Å². The average molecular weight is 324 g/mol. The lowest BCUT2D eigenvalue weighted by Crippen LogP contribution is -2.25. The summed E-state index contributed by atoms with van der Waals surface area (Å²) in [5.41, 5.74) is 5.92. The third-order valence-electron chi connectivity index (χ3n) is 3.80. The minimum Gasteiger partial charge on any atom is -0.339 e. The van der Waals surface area contributed by atoms with Gasteiger partial charge in [-0.05, 0) is 37.8 Å². The molecule has 6 heteroatoms. The maximum atomic E-state index is 6.13. The van der Waals surface area contributed by atoms with Gasteiger partial charge in [0.1, 0.15) is 0 Å². The zero-order valence-corrected chi connectivity index (χ0v) is 13.2. The van der Waals surface area contributed by atoms with E-state index >= 15 is 0 Å². The number of halogens is 1. The highest BCUT2D eigenvalue weighted by atomic mass is 35.5. The molecule has 1 fully saturated rings.